The van der Waals surface area contributed by atoms with Gasteiger partial charge in [0.25, 0.3) is 0 Å². The second kappa shape index (κ2) is 6.36. The van der Waals surface area contributed by atoms with Gasteiger partial charge in [0, 0.05) is 31.3 Å². The highest BCUT2D eigenvalue weighted by atomic mass is 16.5. The van der Waals surface area contributed by atoms with Crippen LogP contribution in [0.3, 0.4) is 0 Å². The number of hydrogen-bond acceptors (Lipinski definition) is 3. The van der Waals surface area contributed by atoms with Crippen LogP contribution < -0.4 is 5.32 Å². The van der Waals surface area contributed by atoms with Gasteiger partial charge in [-0.1, -0.05) is 20.8 Å². The molecule has 0 aromatic rings. The molecule has 2 rings (SSSR count). The predicted molar refractivity (Wildman–Crippen MR) is 75.8 cm³/mol. The largest absolute Gasteiger partial charge is 0.383 e. The summed E-state index contributed by atoms with van der Waals surface area (Å²) in [6, 6.07) is 2.88. The lowest BCUT2D eigenvalue weighted by molar-refractivity contribution is 0.0240. The Labute approximate surface area is 112 Å². The van der Waals surface area contributed by atoms with Crippen molar-refractivity contribution in [1.82, 2.24) is 10.2 Å². The first-order valence-corrected chi connectivity index (χ1v) is 7.66. The van der Waals surface area contributed by atoms with Crippen molar-refractivity contribution in [1.29, 1.82) is 0 Å². The summed E-state index contributed by atoms with van der Waals surface area (Å²) in [5.41, 5.74) is 0. The van der Waals surface area contributed by atoms with E-state index < -0.39 is 0 Å². The molecule has 2 aliphatic heterocycles. The Balaban J connectivity index is 2.02. The van der Waals surface area contributed by atoms with Gasteiger partial charge in [-0.3, -0.25) is 4.90 Å². The molecular formula is C15H30N2O. The van der Waals surface area contributed by atoms with Crippen LogP contribution in [-0.4, -0.2) is 49.3 Å². The molecule has 0 spiro atoms. The summed E-state index contributed by atoms with van der Waals surface area (Å²) in [6.45, 7) is 8.96. The first-order valence-electron chi connectivity index (χ1n) is 7.66. The van der Waals surface area contributed by atoms with Crippen molar-refractivity contribution in [2.24, 2.45) is 5.92 Å². The maximum atomic E-state index is 5.45. The smallest absolute Gasteiger partial charge is 0.0620 e. The Kier molecular flexibility index (Phi) is 5.05. The second-order valence-corrected chi connectivity index (χ2v) is 6.36. The van der Waals surface area contributed by atoms with E-state index in [0.717, 1.165) is 31.3 Å². The summed E-state index contributed by atoms with van der Waals surface area (Å²) in [5.74, 6) is 0.664. The number of methoxy groups -OCH3 is 1. The summed E-state index contributed by atoms with van der Waals surface area (Å²) in [5, 5.41) is 3.74. The normalized spacial score (nSPS) is 33.3. The van der Waals surface area contributed by atoms with Crippen LogP contribution in [0.5, 0.6) is 0 Å². The lowest BCUT2D eigenvalue weighted by atomic mass is 9.93. The van der Waals surface area contributed by atoms with Crippen LogP contribution in [0.2, 0.25) is 0 Å². The van der Waals surface area contributed by atoms with E-state index in [-0.39, 0.29) is 0 Å². The monoisotopic (exact) mass is 254 g/mol. The van der Waals surface area contributed by atoms with Crippen LogP contribution in [0.4, 0.5) is 0 Å². The molecule has 2 bridgehead atoms. The van der Waals surface area contributed by atoms with Gasteiger partial charge in [-0.15, -0.1) is 0 Å². The molecule has 2 aliphatic rings. The fourth-order valence-electron chi connectivity index (χ4n) is 3.90. The molecule has 0 radical (unpaired) electrons. The number of nitrogens with zero attached hydrogens (tertiary/aromatic N) is 1. The highest BCUT2D eigenvalue weighted by Gasteiger charge is 2.38. The van der Waals surface area contributed by atoms with E-state index in [2.05, 4.69) is 31.0 Å². The van der Waals surface area contributed by atoms with Crippen molar-refractivity contribution >= 4 is 0 Å². The number of piperidine rings is 1. The number of likely N-dealkylation sites (N-methyl/N-ethyl adjacent to an activating group) is 1. The van der Waals surface area contributed by atoms with Crippen molar-refractivity contribution in [3.05, 3.63) is 0 Å². The van der Waals surface area contributed by atoms with Crippen molar-refractivity contribution in [2.45, 2.75) is 70.6 Å². The Bertz CT molecular complexity index is 245. The first kappa shape index (κ1) is 14.3. The molecule has 3 atom stereocenters. The molecular weight excluding hydrogens is 224 g/mol. The van der Waals surface area contributed by atoms with Crippen LogP contribution in [0.1, 0.15) is 46.5 Å². The first-order chi connectivity index (χ1) is 8.65. The molecule has 0 amide bonds. The molecule has 3 heteroatoms. The predicted octanol–water partition coefficient (Wildman–Crippen LogP) is 2.26. The maximum Gasteiger partial charge on any atom is 0.0620 e. The van der Waals surface area contributed by atoms with E-state index in [0.29, 0.717) is 12.0 Å². The molecule has 0 aromatic heterocycles. The zero-order chi connectivity index (χ0) is 13.1. The third-order valence-corrected chi connectivity index (χ3v) is 4.82. The molecule has 106 valence electrons. The molecule has 2 heterocycles. The molecule has 0 aromatic carbocycles. The lowest BCUT2D eigenvalue weighted by Crippen LogP contribution is -2.54. The third kappa shape index (κ3) is 3.06. The van der Waals surface area contributed by atoms with Gasteiger partial charge in [-0.05, 0) is 38.1 Å². The topological polar surface area (TPSA) is 24.5 Å². The fraction of sp³-hybridized carbons (Fsp3) is 1.00. The molecule has 0 saturated carbocycles. The van der Waals surface area contributed by atoms with Gasteiger partial charge in [0.1, 0.15) is 0 Å². The van der Waals surface area contributed by atoms with Crippen molar-refractivity contribution in [3.63, 3.8) is 0 Å². The Morgan fingerprint density at radius 2 is 1.83 bits per heavy atom. The molecule has 18 heavy (non-hydrogen) atoms. The average molecular weight is 254 g/mol. The Morgan fingerprint density at radius 1 is 1.22 bits per heavy atom. The summed E-state index contributed by atoms with van der Waals surface area (Å²) >= 11 is 0. The molecule has 3 unspecified atom stereocenters. The van der Waals surface area contributed by atoms with Crippen LogP contribution in [0, 0.1) is 5.92 Å². The zero-order valence-electron chi connectivity index (χ0n) is 12.5. The molecule has 3 nitrogen and oxygen atoms in total. The molecule has 2 saturated heterocycles. The van der Waals surface area contributed by atoms with Crippen molar-refractivity contribution in [3.8, 4) is 0 Å². The highest BCUT2D eigenvalue weighted by molar-refractivity contribution is 4.97. The Morgan fingerprint density at radius 3 is 2.28 bits per heavy atom. The van der Waals surface area contributed by atoms with Crippen LogP contribution in [-0.2, 0) is 4.74 Å². The summed E-state index contributed by atoms with van der Waals surface area (Å²) in [7, 11) is 1.83. The van der Waals surface area contributed by atoms with Gasteiger partial charge in [0.05, 0.1) is 6.61 Å². The second-order valence-electron chi connectivity index (χ2n) is 6.36. The number of rotatable bonds is 6. The lowest BCUT2D eigenvalue weighted by Gasteiger charge is -2.43. The van der Waals surface area contributed by atoms with Gasteiger partial charge in [-0.2, -0.15) is 0 Å². The summed E-state index contributed by atoms with van der Waals surface area (Å²) in [6.07, 6.45) is 5.43. The van der Waals surface area contributed by atoms with Gasteiger partial charge in [0.2, 0.25) is 0 Å². The molecule has 1 N–H and O–H groups in total. The highest BCUT2D eigenvalue weighted by Crippen LogP contribution is 2.31. The van der Waals surface area contributed by atoms with Crippen LogP contribution >= 0.6 is 0 Å². The van der Waals surface area contributed by atoms with E-state index in [1.807, 2.05) is 7.11 Å². The fourth-order valence-corrected chi connectivity index (χ4v) is 3.90. The average Bonchev–Trinajstić information content (AvgIpc) is 2.68. The summed E-state index contributed by atoms with van der Waals surface area (Å²) < 4.78 is 5.45. The maximum absolute atomic E-state index is 5.45. The standard InChI is InChI=1S/C15H30N2O/c1-5-17(15(10-18-4)11(2)3)14-8-12-6-7-13(9-14)16-12/h11-16H,5-10H2,1-4H3. The van der Waals surface area contributed by atoms with Gasteiger partial charge in [0.15, 0.2) is 0 Å². The third-order valence-electron chi connectivity index (χ3n) is 4.82. The molecule has 0 aliphatic carbocycles. The van der Waals surface area contributed by atoms with E-state index in [1.54, 1.807) is 0 Å². The van der Waals surface area contributed by atoms with E-state index >= 15 is 0 Å². The SMILES string of the molecule is CCN(C1CC2CCC(C1)N2)C(COC)C(C)C. The summed E-state index contributed by atoms with van der Waals surface area (Å²) in [4.78, 5) is 2.71. The minimum atomic E-state index is 0.572. The van der Waals surface area contributed by atoms with E-state index in [4.69, 9.17) is 4.74 Å². The van der Waals surface area contributed by atoms with Crippen LogP contribution in [0.25, 0.3) is 0 Å². The number of ether oxygens (including phenoxy) is 1. The quantitative estimate of drug-likeness (QED) is 0.787. The Hall–Kier alpha value is -0.120. The minimum Gasteiger partial charge on any atom is -0.383 e. The number of fused-ring (bicyclic) bond motifs is 2. The molecule has 2 fully saturated rings. The number of hydrogen-bond donors (Lipinski definition) is 1. The van der Waals surface area contributed by atoms with Crippen molar-refractivity contribution in [2.75, 3.05) is 20.3 Å². The van der Waals surface area contributed by atoms with E-state index in [1.165, 1.54) is 25.7 Å². The van der Waals surface area contributed by atoms with Gasteiger partial charge in [-0.25, -0.2) is 0 Å². The van der Waals surface area contributed by atoms with Crippen molar-refractivity contribution < 1.29 is 4.74 Å². The zero-order valence-corrected chi connectivity index (χ0v) is 12.5. The number of nitrogens with one attached hydrogen (secondary N) is 1. The van der Waals surface area contributed by atoms with Gasteiger partial charge >= 0.3 is 0 Å². The van der Waals surface area contributed by atoms with Gasteiger partial charge < -0.3 is 10.1 Å². The van der Waals surface area contributed by atoms with E-state index in [9.17, 15) is 0 Å². The minimum absolute atomic E-state index is 0.572. The van der Waals surface area contributed by atoms with Crippen LogP contribution in [0.15, 0.2) is 0 Å².